The van der Waals surface area contributed by atoms with E-state index in [2.05, 4.69) is 10.3 Å². The van der Waals surface area contributed by atoms with Crippen LogP contribution in [0.5, 0.6) is 5.75 Å². The van der Waals surface area contributed by atoms with Crippen molar-refractivity contribution < 1.29 is 46.9 Å². The Morgan fingerprint density at radius 3 is 2.25 bits per heavy atom. The smallest absolute Gasteiger partial charge is 0.305 e. The molecule has 40 heavy (non-hydrogen) atoms. The molecule has 13 heteroatoms. The lowest BCUT2D eigenvalue weighted by molar-refractivity contribution is -0.139. The summed E-state index contributed by atoms with van der Waals surface area (Å²) in [5, 5.41) is 22.8. The van der Waals surface area contributed by atoms with E-state index < -0.39 is 83.3 Å². The van der Waals surface area contributed by atoms with Crippen LogP contribution in [0.2, 0.25) is 0 Å². The summed E-state index contributed by atoms with van der Waals surface area (Å²) in [6.45, 7) is 5.42. The number of aromatic nitrogens is 1. The van der Waals surface area contributed by atoms with Crippen molar-refractivity contribution in [2.24, 2.45) is 11.1 Å². The van der Waals surface area contributed by atoms with Crippen LogP contribution in [-0.2, 0) is 9.59 Å². The molecule has 0 bridgehead atoms. The van der Waals surface area contributed by atoms with Gasteiger partial charge in [0.25, 0.3) is 0 Å². The molecule has 2 aromatic carbocycles. The van der Waals surface area contributed by atoms with Crippen LogP contribution >= 0.6 is 0 Å². The van der Waals surface area contributed by atoms with Crippen molar-refractivity contribution in [1.29, 1.82) is 0 Å². The zero-order valence-corrected chi connectivity index (χ0v) is 22.1. The molecule has 1 aromatic heterocycles. The normalized spacial score (nSPS) is 14.1. The Morgan fingerprint density at radius 1 is 1.10 bits per heavy atom. The molecule has 9 nitrogen and oxygen atoms in total. The molecule has 0 aliphatic rings. The summed E-state index contributed by atoms with van der Waals surface area (Å²) in [5.74, 6) is -11.7. The second-order valence-electron chi connectivity index (χ2n) is 10.0. The second-order valence-corrected chi connectivity index (χ2v) is 10.0. The van der Waals surface area contributed by atoms with Gasteiger partial charge in [0, 0.05) is 17.0 Å². The summed E-state index contributed by atoms with van der Waals surface area (Å²) < 4.78 is 59.3. The van der Waals surface area contributed by atoms with Crippen LogP contribution in [0.3, 0.4) is 0 Å². The molecule has 0 aliphatic carbocycles. The number of fused-ring (bicyclic) bond motifs is 1. The van der Waals surface area contributed by atoms with Crippen LogP contribution in [0, 0.1) is 42.5 Å². The van der Waals surface area contributed by atoms with Crippen molar-refractivity contribution in [2.75, 3.05) is 6.61 Å². The molecule has 2 unspecified atom stereocenters. The Balaban J connectivity index is 1.79. The van der Waals surface area contributed by atoms with E-state index in [1.54, 1.807) is 13.0 Å². The Labute approximate surface area is 226 Å². The van der Waals surface area contributed by atoms with Gasteiger partial charge in [-0.1, -0.05) is 26.0 Å². The second kappa shape index (κ2) is 11.6. The highest BCUT2D eigenvalue weighted by Crippen LogP contribution is 2.32. The Kier molecular flexibility index (Phi) is 8.90. The molecular formula is C27H29F4N3O6. The highest BCUT2D eigenvalue weighted by molar-refractivity contribution is 6.07. The van der Waals surface area contributed by atoms with Crippen LogP contribution in [-0.4, -0.2) is 57.7 Å². The molecule has 0 spiro atoms. The minimum Gasteiger partial charge on any atom is -0.485 e. The lowest BCUT2D eigenvalue weighted by Gasteiger charge is -2.31. The molecule has 0 saturated heterocycles. The van der Waals surface area contributed by atoms with Crippen molar-refractivity contribution in [2.45, 2.75) is 52.3 Å². The van der Waals surface area contributed by atoms with E-state index in [4.69, 9.17) is 10.5 Å². The number of aliphatic carboxylic acids is 1. The molecule has 1 heterocycles. The lowest BCUT2D eigenvalue weighted by Crippen LogP contribution is -2.57. The molecule has 0 saturated carbocycles. The zero-order chi connectivity index (χ0) is 30.1. The molecular weight excluding hydrogens is 538 g/mol. The maximum absolute atomic E-state index is 13.9. The SMILES string of the molecule is Cc1cccc2[nH]c(C(=O)C(C)(C)[C@H](N)C(=O)NC(CC(=O)O)C(O)COc3c(F)c(F)cc(F)c3F)c(C)c12. The van der Waals surface area contributed by atoms with Gasteiger partial charge in [0.05, 0.1) is 29.6 Å². The van der Waals surface area contributed by atoms with Gasteiger partial charge in [-0.25, -0.2) is 8.78 Å². The fourth-order valence-electron chi connectivity index (χ4n) is 4.35. The van der Waals surface area contributed by atoms with E-state index >= 15 is 0 Å². The number of ketones is 1. The summed E-state index contributed by atoms with van der Waals surface area (Å²) in [6, 6.07) is 2.29. The number of carbonyl (C=O) groups excluding carboxylic acids is 2. The van der Waals surface area contributed by atoms with E-state index in [1.807, 2.05) is 19.1 Å². The standard InChI is InChI=1S/C27H29F4N3O6/c1-11-6-5-7-15-19(11)12(2)22(33-15)25(38)27(3,4)24(32)26(39)34-16(9-18(36)37)17(35)10-40-23-20(30)13(28)8-14(29)21(23)31/h5-8,16-17,24,33,35H,9-10,32H2,1-4H3,(H,34,39)(H,36,37)/t16?,17?,24-/m1/s1. The van der Waals surface area contributed by atoms with Crippen LogP contribution in [0.25, 0.3) is 10.9 Å². The number of aromatic amines is 1. The number of aliphatic hydroxyl groups excluding tert-OH is 1. The number of aryl methyl sites for hydroxylation is 2. The fourth-order valence-corrected chi connectivity index (χ4v) is 4.35. The molecule has 216 valence electrons. The number of hydrogen-bond acceptors (Lipinski definition) is 6. The first-order chi connectivity index (χ1) is 18.6. The van der Waals surface area contributed by atoms with E-state index in [0.717, 1.165) is 10.9 Å². The quantitative estimate of drug-likeness (QED) is 0.135. The molecule has 3 aromatic rings. The first kappa shape index (κ1) is 30.6. The van der Waals surface area contributed by atoms with Crippen LogP contribution in [0.1, 0.15) is 41.9 Å². The minimum absolute atomic E-state index is 0.0374. The number of carbonyl (C=O) groups is 3. The number of H-pyrrole nitrogens is 1. The van der Waals surface area contributed by atoms with Gasteiger partial charge in [-0.3, -0.25) is 14.4 Å². The number of Topliss-reactive ketones (excluding diaryl/α,β-unsaturated/α-hetero) is 1. The fraction of sp³-hybridized carbons (Fsp3) is 0.370. The van der Waals surface area contributed by atoms with Crippen LogP contribution in [0.4, 0.5) is 17.6 Å². The largest absolute Gasteiger partial charge is 0.485 e. The van der Waals surface area contributed by atoms with Crippen molar-refractivity contribution in [3.05, 3.63) is 64.4 Å². The third kappa shape index (κ3) is 5.94. The number of benzene rings is 2. The zero-order valence-electron chi connectivity index (χ0n) is 22.1. The lowest BCUT2D eigenvalue weighted by atomic mass is 9.78. The molecule has 6 N–H and O–H groups in total. The monoisotopic (exact) mass is 567 g/mol. The van der Waals surface area contributed by atoms with Gasteiger partial charge in [0.2, 0.25) is 17.5 Å². The van der Waals surface area contributed by atoms with Gasteiger partial charge in [0.1, 0.15) is 12.7 Å². The summed E-state index contributed by atoms with van der Waals surface area (Å²) in [7, 11) is 0. The molecule has 3 rings (SSSR count). The molecule has 0 aliphatic heterocycles. The first-order valence-corrected chi connectivity index (χ1v) is 12.1. The number of halogens is 4. The van der Waals surface area contributed by atoms with Crippen molar-refractivity contribution >= 4 is 28.6 Å². The van der Waals surface area contributed by atoms with Gasteiger partial charge >= 0.3 is 5.97 Å². The summed E-state index contributed by atoms with van der Waals surface area (Å²) in [4.78, 5) is 41.0. The molecule has 0 radical (unpaired) electrons. The number of nitrogens with two attached hydrogens (primary N) is 1. The number of nitrogens with one attached hydrogen (secondary N) is 2. The molecule has 1 amide bonds. The van der Waals surface area contributed by atoms with Gasteiger partial charge in [0.15, 0.2) is 23.2 Å². The highest BCUT2D eigenvalue weighted by Gasteiger charge is 2.42. The average Bonchev–Trinajstić information content (AvgIpc) is 3.22. The topological polar surface area (TPSA) is 155 Å². The van der Waals surface area contributed by atoms with Crippen molar-refractivity contribution in [3.63, 3.8) is 0 Å². The third-order valence-electron chi connectivity index (χ3n) is 6.81. The summed E-state index contributed by atoms with van der Waals surface area (Å²) in [6.07, 6.45) is -2.81. The van der Waals surface area contributed by atoms with E-state index in [-0.39, 0.29) is 11.8 Å². The number of carboxylic acid groups (broad SMARTS) is 1. The Hall–Kier alpha value is -3.97. The Morgan fingerprint density at radius 2 is 1.70 bits per heavy atom. The maximum Gasteiger partial charge on any atom is 0.305 e. The van der Waals surface area contributed by atoms with E-state index in [0.29, 0.717) is 11.1 Å². The number of carboxylic acids is 1. The predicted octanol–water partition coefficient (Wildman–Crippen LogP) is 3.28. The highest BCUT2D eigenvalue weighted by atomic mass is 19.2. The van der Waals surface area contributed by atoms with E-state index in [9.17, 15) is 42.2 Å². The first-order valence-electron chi connectivity index (χ1n) is 12.1. The van der Waals surface area contributed by atoms with Gasteiger partial charge in [-0.2, -0.15) is 8.78 Å². The maximum atomic E-state index is 13.9. The third-order valence-corrected chi connectivity index (χ3v) is 6.81. The van der Waals surface area contributed by atoms with Crippen molar-refractivity contribution in [3.8, 4) is 5.75 Å². The number of hydrogen-bond donors (Lipinski definition) is 5. The number of amides is 1. The number of aliphatic hydroxyl groups is 1. The van der Waals surface area contributed by atoms with Crippen LogP contribution < -0.4 is 15.8 Å². The minimum atomic E-state index is -1.92. The summed E-state index contributed by atoms with van der Waals surface area (Å²) >= 11 is 0. The van der Waals surface area contributed by atoms with Gasteiger partial charge in [-0.15, -0.1) is 0 Å². The number of ether oxygens (including phenoxy) is 1. The average molecular weight is 568 g/mol. The van der Waals surface area contributed by atoms with Crippen LogP contribution in [0.15, 0.2) is 24.3 Å². The van der Waals surface area contributed by atoms with Gasteiger partial charge in [-0.05, 0) is 31.0 Å². The Bertz CT molecular complexity index is 1450. The summed E-state index contributed by atoms with van der Waals surface area (Å²) in [5.41, 5.74) is 7.15. The van der Waals surface area contributed by atoms with E-state index in [1.165, 1.54) is 13.8 Å². The van der Waals surface area contributed by atoms with Crippen molar-refractivity contribution in [1.82, 2.24) is 10.3 Å². The predicted molar refractivity (Wildman–Crippen MR) is 136 cm³/mol. The number of rotatable bonds is 11. The van der Waals surface area contributed by atoms with Gasteiger partial charge < -0.3 is 31.0 Å². The molecule has 0 fully saturated rings. The molecule has 3 atom stereocenters.